The zero-order chi connectivity index (χ0) is 17.1. The zero-order valence-electron chi connectivity index (χ0n) is 13.2. The number of carbonyl (C=O) groups is 2. The first kappa shape index (κ1) is 18.6. The Morgan fingerprint density at radius 3 is 2.09 bits per heavy atom. The van der Waals surface area contributed by atoms with E-state index in [0.717, 1.165) is 0 Å². The van der Waals surface area contributed by atoms with E-state index in [1.54, 1.807) is 20.8 Å². The molecule has 1 aliphatic rings. The van der Waals surface area contributed by atoms with Gasteiger partial charge in [0.15, 0.2) is 0 Å². The highest BCUT2D eigenvalue weighted by molar-refractivity contribution is 5.78. The second-order valence-corrected chi connectivity index (χ2v) is 6.97. The molecule has 22 heavy (non-hydrogen) atoms. The van der Waals surface area contributed by atoms with E-state index in [1.165, 1.54) is 4.90 Å². The van der Waals surface area contributed by atoms with Crippen molar-refractivity contribution in [3.8, 4) is 0 Å². The quantitative estimate of drug-likeness (QED) is 0.836. The Balaban J connectivity index is 2.63. The molecule has 1 heterocycles. The first-order chi connectivity index (χ1) is 9.90. The van der Waals surface area contributed by atoms with Crippen molar-refractivity contribution in [2.75, 3.05) is 13.1 Å². The van der Waals surface area contributed by atoms with Gasteiger partial charge in [-0.15, -0.1) is 0 Å². The highest BCUT2D eigenvalue weighted by Crippen LogP contribution is 2.30. The summed E-state index contributed by atoms with van der Waals surface area (Å²) in [5, 5.41) is 2.07. The maximum absolute atomic E-state index is 13.1. The predicted molar refractivity (Wildman–Crippen MR) is 75.9 cm³/mol. The van der Waals surface area contributed by atoms with Gasteiger partial charge in [-0.05, 0) is 24.7 Å². The molecule has 8 heteroatoms. The first-order valence-electron chi connectivity index (χ1n) is 7.31. The average Bonchev–Trinajstić information content (AvgIpc) is 2.35. The number of urea groups is 1. The maximum Gasteiger partial charge on any atom is 0.408 e. The third kappa shape index (κ3) is 5.73. The summed E-state index contributed by atoms with van der Waals surface area (Å²) in [6, 6.07) is -2.62. The number of halogens is 3. The van der Waals surface area contributed by atoms with Gasteiger partial charge in [-0.25, -0.2) is 4.79 Å². The summed E-state index contributed by atoms with van der Waals surface area (Å²) >= 11 is 0. The number of primary amides is 1. The minimum absolute atomic E-state index is 0.194. The Labute approximate surface area is 128 Å². The number of rotatable bonds is 3. The summed E-state index contributed by atoms with van der Waals surface area (Å²) in [7, 11) is 0. The Kier molecular flexibility index (Phi) is 5.70. The number of hydrogen-bond acceptors (Lipinski definition) is 2. The number of amides is 3. The van der Waals surface area contributed by atoms with Crippen LogP contribution in [0.2, 0.25) is 0 Å². The molecule has 0 aliphatic carbocycles. The molecule has 1 atom stereocenters. The van der Waals surface area contributed by atoms with Crippen LogP contribution in [0.25, 0.3) is 0 Å². The first-order valence-corrected chi connectivity index (χ1v) is 7.31. The molecule has 0 aromatic carbocycles. The summed E-state index contributed by atoms with van der Waals surface area (Å²) in [5.74, 6) is -0.738. The van der Waals surface area contributed by atoms with Crippen molar-refractivity contribution < 1.29 is 22.8 Å². The Morgan fingerprint density at radius 2 is 1.73 bits per heavy atom. The molecular weight excluding hydrogens is 299 g/mol. The fourth-order valence-electron chi connectivity index (χ4n) is 2.47. The number of alkyl halides is 3. The molecule has 0 radical (unpaired) electrons. The Bertz CT molecular complexity index is 411. The van der Waals surface area contributed by atoms with Crippen LogP contribution in [-0.2, 0) is 4.79 Å². The van der Waals surface area contributed by atoms with Crippen LogP contribution in [-0.4, -0.2) is 42.1 Å². The van der Waals surface area contributed by atoms with Gasteiger partial charge in [-0.2, -0.15) is 13.2 Å². The van der Waals surface area contributed by atoms with Crippen molar-refractivity contribution in [1.82, 2.24) is 10.2 Å². The lowest BCUT2D eigenvalue weighted by Crippen LogP contribution is -2.53. The van der Waals surface area contributed by atoms with Crippen LogP contribution in [0.4, 0.5) is 18.0 Å². The van der Waals surface area contributed by atoms with Crippen LogP contribution in [0, 0.1) is 11.3 Å². The highest BCUT2D eigenvalue weighted by Gasteiger charge is 2.43. The molecule has 1 aliphatic heterocycles. The van der Waals surface area contributed by atoms with Crippen molar-refractivity contribution >= 4 is 11.9 Å². The van der Waals surface area contributed by atoms with Crippen LogP contribution in [0.1, 0.15) is 40.0 Å². The second-order valence-electron chi connectivity index (χ2n) is 6.97. The highest BCUT2D eigenvalue weighted by atomic mass is 19.4. The molecule has 0 aromatic heterocycles. The monoisotopic (exact) mass is 323 g/mol. The van der Waals surface area contributed by atoms with Gasteiger partial charge in [-0.3, -0.25) is 4.79 Å². The van der Waals surface area contributed by atoms with E-state index in [4.69, 9.17) is 5.73 Å². The van der Waals surface area contributed by atoms with Gasteiger partial charge in [0.05, 0.1) is 0 Å². The predicted octanol–water partition coefficient (Wildman–Crippen LogP) is 2.26. The van der Waals surface area contributed by atoms with E-state index in [1.807, 2.05) is 0 Å². The molecule has 1 saturated heterocycles. The molecule has 0 saturated carbocycles. The minimum atomic E-state index is -4.49. The molecular formula is C14H24F3N3O2. The number of nitrogens with two attached hydrogens (primary N) is 1. The van der Waals surface area contributed by atoms with Crippen LogP contribution in [0.15, 0.2) is 0 Å². The van der Waals surface area contributed by atoms with Crippen molar-refractivity contribution in [3.05, 3.63) is 0 Å². The van der Waals surface area contributed by atoms with Crippen LogP contribution < -0.4 is 11.1 Å². The lowest BCUT2D eigenvalue weighted by molar-refractivity contribution is -0.159. The van der Waals surface area contributed by atoms with E-state index < -0.39 is 29.6 Å². The molecule has 1 fully saturated rings. The van der Waals surface area contributed by atoms with Crippen molar-refractivity contribution in [2.24, 2.45) is 17.1 Å². The third-order valence-electron chi connectivity index (χ3n) is 3.69. The summed E-state index contributed by atoms with van der Waals surface area (Å²) in [6.45, 7) is 5.54. The smallest absolute Gasteiger partial charge is 0.369 e. The van der Waals surface area contributed by atoms with Crippen LogP contribution >= 0.6 is 0 Å². The molecule has 3 amide bonds. The Hall–Kier alpha value is -1.47. The van der Waals surface area contributed by atoms with Gasteiger partial charge in [0.25, 0.3) is 0 Å². The number of nitrogens with zero attached hydrogens (tertiary/aromatic N) is 1. The van der Waals surface area contributed by atoms with Crippen molar-refractivity contribution in [1.29, 1.82) is 0 Å². The number of piperidine rings is 1. The van der Waals surface area contributed by atoms with Gasteiger partial charge in [0.2, 0.25) is 5.91 Å². The Morgan fingerprint density at radius 1 is 1.23 bits per heavy atom. The number of carbonyl (C=O) groups excluding carboxylic acids is 2. The van der Waals surface area contributed by atoms with E-state index >= 15 is 0 Å². The lowest BCUT2D eigenvalue weighted by atomic mass is 9.88. The van der Waals surface area contributed by atoms with Gasteiger partial charge < -0.3 is 16.0 Å². The number of likely N-dealkylation sites (tertiary alicyclic amines) is 1. The van der Waals surface area contributed by atoms with Gasteiger partial charge in [-0.1, -0.05) is 20.8 Å². The molecule has 1 rings (SSSR count). The molecule has 128 valence electrons. The summed E-state index contributed by atoms with van der Waals surface area (Å²) < 4.78 is 39.2. The normalized spacial score (nSPS) is 18.9. The van der Waals surface area contributed by atoms with Crippen LogP contribution in [0.5, 0.6) is 0 Å². The maximum atomic E-state index is 13.1. The number of nitrogens with one attached hydrogen (secondary N) is 1. The van der Waals surface area contributed by atoms with Crippen molar-refractivity contribution in [2.45, 2.75) is 52.3 Å². The lowest BCUT2D eigenvalue weighted by Gasteiger charge is -2.34. The molecule has 0 aromatic rings. The van der Waals surface area contributed by atoms with Crippen molar-refractivity contribution in [3.63, 3.8) is 0 Å². The van der Waals surface area contributed by atoms with E-state index in [0.29, 0.717) is 12.8 Å². The molecule has 5 nitrogen and oxygen atoms in total. The van der Waals surface area contributed by atoms with E-state index in [9.17, 15) is 22.8 Å². The van der Waals surface area contributed by atoms with Gasteiger partial charge >= 0.3 is 12.2 Å². The summed E-state index contributed by atoms with van der Waals surface area (Å²) in [4.78, 5) is 24.4. The van der Waals surface area contributed by atoms with E-state index in [2.05, 4.69) is 5.32 Å². The molecule has 0 bridgehead atoms. The fourth-order valence-corrected chi connectivity index (χ4v) is 2.47. The SMILES string of the molecule is CC(C)(C)CC(NC(=O)N1CCC(C(N)=O)CC1)C(F)(F)F. The van der Waals surface area contributed by atoms with Crippen LogP contribution in [0.3, 0.4) is 0 Å². The second kappa shape index (κ2) is 6.75. The average molecular weight is 323 g/mol. The topological polar surface area (TPSA) is 75.4 Å². The fraction of sp³-hybridized carbons (Fsp3) is 0.857. The van der Waals surface area contributed by atoms with Gasteiger partial charge in [0.1, 0.15) is 6.04 Å². The third-order valence-corrected chi connectivity index (χ3v) is 3.69. The minimum Gasteiger partial charge on any atom is -0.369 e. The molecule has 3 N–H and O–H groups in total. The summed E-state index contributed by atoms with van der Waals surface area (Å²) in [5.41, 5.74) is 4.63. The summed E-state index contributed by atoms with van der Waals surface area (Å²) in [6.07, 6.45) is -3.91. The van der Waals surface area contributed by atoms with Gasteiger partial charge in [0, 0.05) is 19.0 Å². The zero-order valence-corrected chi connectivity index (χ0v) is 13.2. The molecule has 1 unspecified atom stereocenters. The largest absolute Gasteiger partial charge is 0.408 e. The molecule has 0 spiro atoms. The standard InChI is InChI=1S/C14H24F3N3O2/c1-13(2,3)8-10(14(15,16)17)19-12(22)20-6-4-9(5-7-20)11(18)21/h9-10H,4-8H2,1-3H3,(H2,18,21)(H,19,22). The van der Waals surface area contributed by atoms with E-state index in [-0.39, 0.29) is 25.4 Å². The number of hydrogen-bond donors (Lipinski definition) is 2.